The zero-order chi connectivity index (χ0) is 13.3. The number of aliphatic hydroxyl groups excluding tert-OH is 1. The molecule has 0 saturated heterocycles. The van der Waals surface area contributed by atoms with Gasteiger partial charge < -0.3 is 5.11 Å². The maximum absolute atomic E-state index is 14.0. The van der Waals surface area contributed by atoms with Crippen molar-refractivity contribution in [2.45, 2.75) is 20.0 Å². The molecule has 0 saturated carbocycles. The van der Waals surface area contributed by atoms with Gasteiger partial charge in [-0.3, -0.25) is 0 Å². The molecule has 0 amide bonds. The van der Waals surface area contributed by atoms with Gasteiger partial charge in [0.2, 0.25) is 0 Å². The first-order valence-electron chi connectivity index (χ1n) is 5.70. The van der Waals surface area contributed by atoms with Crippen LogP contribution in [0.4, 0.5) is 4.39 Å². The summed E-state index contributed by atoms with van der Waals surface area (Å²) in [5.74, 6) is -0.410. The van der Waals surface area contributed by atoms with Gasteiger partial charge in [0.15, 0.2) is 0 Å². The van der Waals surface area contributed by atoms with Crippen LogP contribution in [0.2, 0.25) is 0 Å². The number of rotatable bonds is 2. The molecular weight excluding hydrogens is 295 g/mol. The first-order chi connectivity index (χ1) is 8.52. The molecule has 1 atom stereocenters. The van der Waals surface area contributed by atoms with E-state index >= 15 is 0 Å². The zero-order valence-corrected chi connectivity index (χ0v) is 11.8. The van der Waals surface area contributed by atoms with Crippen molar-refractivity contribution in [3.8, 4) is 0 Å². The van der Waals surface area contributed by atoms with Crippen molar-refractivity contribution in [1.29, 1.82) is 0 Å². The summed E-state index contributed by atoms with van der Waals surface area (Å²) in [4.78, 5) is 0. The molecule has 0 spiro atoms. The van der Waals surface area contributed by atoms with Crippen LogP contribution in [0, 0.1) is 19.7 Å². The Bertz CT molecular complexity index is 560. The average molecular weight is 309 g/mol. The Kier molecular flexibility index (Phi) is 3.83. The highest BCUT2D eigenvalue weighted by atomic mass is 79.9. The summed E-state index contributed by atoms with van der Waals surface area (Å²) < 4.78 is 14.4. The van der Waals surface area contributed by atoms with Crippen molar-refractivity contribution in [3.05, 3.63) is 68.9 Å². The van der Waals surface area contributed by atoms with E-state index in [-0.39, 0.29) is 0 Å². The average Bonchev–Trinajstić information content (AvgIpc) is 2.32. The Labute approximate surface area is 114 Å². The number of hydrogen-bond donors (Lipinski definition) is 1. The first kappa shape index (κ1) is 13.2. The van der Waals surface area contributed by atoms with Crippen LogP contribution in [0.15, 0.2) is 40.9 Å². The molecular formula is C15H14BrFO. The highest BCUT2D eigenvalue weighted by Crippen LogP contribution is 2.31. The number of aryl methyl sites for hydroxylation is 2. The van der Waals surface area contributed by atoms with Gasteiger partial charge in [0, 0.05) is 5.56 Å². The van der Waals surface area contributed by atoms with Crippen molar-refractivity contribution >= 4 is 15.9 Å². The summed E-state index contributed by atoms with van der Waals surface area (Å²) >= 11 is 3.14. The Morgan fingerprint density at radius 3 is 2.22 bits per heavy atom. The molecule has 2 aromatic carbocycles. The monoisotopic (exact) mass is 308 g/mol. The standard InChI is InChI=1S/C15H14BrFO/c1-9-5-3-6-10(2)13(9)15(18)11-7-4-8-12(16)14(11)17/h3-8,15,18H,1-2H3. The molecule has 0 aliphatic rings. The van der Waals surface area contributed by atoms with Gasteiger partial charge >= 0.3 is 0 Å². The fraction of sp³-hybridized carbons (Fsp3) is 0.200. The molecule has 3 heteroatoms. The highest BCUT2D eigenvalue weighted by Gasteiger charge is 2.19. The lowest BCUT2D eigenvalue weighted by Gasteiger charge is -2.17. The molecule has 1 unspecified atom stereocenters. The lowest BCUT2D eigenvalue weighted by Crippen LogP contribution is -2.07. The summed E-state index contributed by atoms with van der Waals surface area (Å²) in [7, 11) is 0. The fourth-order valence-corrected chi connectivity index (χ4v) is 2.53. The molecule has 0 bridgehead atoms. The van der Waals surface area contributed by atoms with E-state index in [1.165, 1.54) is 0 Å². The summed E-state index contributed by atoms with van der Waals surface area (Å²) in [5.41, 5.74) is 2.99. The Morgan fingerprint density at radius 1 is 1.06 bits per heavy atom. The Hall–Kier alpha value is -1.19. The van der Waals surface area contributed by atoms with E-state index in [0.717, 1.165) is 16.7 Å². The highest BCUT2D eigenvalue weighted by molar-refractivity contribution is 9.10. The molecule has 2 aromatic rings. The van der Waals surface area contributed by atoms with Gasteiger partial charge in [0.25, 0.3) is 0 Å². The van der Waals surface area contributed by atoms with E-state index < -0.39 is 11.9 Å². The van der Waals surface area contributed by atoms with E-state index in [1.807, 2.05) is 32.0 Å². The van der Waals surface area contributed by atoms with E-state index in [9.17, 15) is 9.50 Å². The molecule has 0 fully saturated rings. The first-order valence-corrected chi connectivity index (χ1v) is 6.49. The van der Waals surface area contributed by atoms with Crippen LogP contribution in [0.5, 0.6) is 0 Å². The van der Waals surface area contributed by atoms with Gasteiger partial charge in [-0.05, 0) is 52.5 Å². The summed E-state index contributed by atoms with van der Waals surface area (Å²) in [5, 5.41) is 10.4. The van der Waals surface area contributed by atoms with Gasteiger partial charge in [-0.1, -0.05) is 30.3 Å². The molecule has 94 valence electrons. The van der Waals surface area contributed by atoms with Gasteiger partial charge in [-0.15, -0.1) is 0 Å². The van der Waals surface area contributed by atoms with Crippen molar-refractivity contribution in [2.24, 2.45) is 0 Å². The quantitative estimate of drug-likeness (QED) is 0.877. The smallest absolute Gasteiger partial charge is 0.143 e. The topological polar surface area (TPSA) is 20.2 Å². The lowest BCUT2D eigenvalue weighted by atomic mass is 9.93. The van der Waals surface area contributed by atoms with Crippen molar-refractivity contribution < 1.29 is 9.50 Å². The summed E-state index contributed by atoms with van der Waals surface area (Å²) in [6, 6.07) is 10.7. The Balaban J connectivity index is 2.55. The van der Waals surface area contributed by atoms with Crippen molar-refractivity contribution in [2.75, 3.05) is 0 Å². The van der Waals surface area contributed by atoms with Gasteiger partial charge in [0.05, 0.1) is 4.47 Å². The van der Waals surface area contributed by atoms with Crippen LogP contribution in [0.3, 0.4) is 0 Å². The molecule has 0 aromatic heterocycles. The third kappa shape index (κ3) is 2.33. The molecule has 0 heterocycles. The number of benzene rings is 2. The second-order valence-electron chi connectivity index (χ2n) is 4.35. The largest absolute Gasteiger partial charge is 0.384 e. The number of halogens is 2. The molecule has 2 rings (SSSR count). The molecule has 1 nitrogen and oxygen atoms in total. The third-order valence-electron chi connectivity index (χ3n) is 3.09. The van der Waals surface area contributed by atoms with Crippen LogP contribution in [0.1, 0.15) is 28.4 Å². The van der Waals surface area contributed by atoms with Crippen molar-refractivity contribution in [1.82, 2.24) is 0 Å². The number of aliphatic hydroxyl groups is 1. The van der Waals surface area contributed by atoms with Gasteiger partial charge in [-0.25, -0.2) is 4.39 Å². The molecule has 1 N–H and O–H groups in total. The normalized spacial score (nSPS) is 12.5. The predicted molar refractivity (Wildman–Crippen MR) is 74.1 cm³/mol. The lowest BCUT2D eigenvalue weighted by molar-refractivity contribution is 0.213. The van der Waals surface area contributed by atoms with Crippen LogP contribution in [-0.2, 0) is 0 Å². The minimum absolute atomic E-state index is 0.293. The van der Waals surface area contributed by atoms with Crippen LogP contribution < -0.4 is 0 Å². The minimum Gasteiger partial charge on any atom is -0.384 e. The molecule has 0 radical (unpaired) electrons. The SMILES string of the molecule is Cc1cccc(C)c1C(O)c1cccc(Br)c1F. The maximum Gasteiger partial charge on any atom is 0.143 e. The third-order valence-corrected chi connectivity index (χ3v) is 3.70. The van der Waals surface area contributed by atoms with Crippen LogP contribution in [0.25, 0.3) is 0 Å². The fourth-order valence-electron chi connectivity index (χ4n) is 2.15. The van der Waals surface area contributed by atoms with Gasteiger partial charge in [-0.2, -0.15) is 0 Å². The zero-order valence-electron chi connectivity index (χ0n) is 10.2. The molecule has 0 aliphatic carbocycles. The van der Waals surface area contributed by atoms with Crippen molar-refractivity contribution in [3.63, 3.8) is 0 Å². The summed E-state index contributed by atoms with van der Waals surface area (Å²) in [6.45, 7) is 3.84. The Morgan fingerprint density at radius 2 is 1.61 bits per heavy atom. The number of hydrogen-bond acceptors (Lipinski definition) is 1. The van der Waals surface area contributed by atoms with Crippen LogP contribution >= 0.6 is 15.9 Å². The second-order valence-corrected chi connectivity index (χ2v) is 5.21. The van der Waals surface area contributed by atoms with E-state index in [2.05, 4.69) is 15.9 Å². The minimum atomic E-state index is -0.941. The molecule has 0 aliphatic heterocycles. The van der Waals surface area contributed by atoms with E-state index in [0.29, 0.717) is 10.0 Å². The van der Waals surface area contributed by atoms with E-state index in [1.54, 1.807) is 18.2 Å². The van der Waals surface area contributed by atoms with Gasteiger partial charge in [0.1, 0.15) is 11.9 Å². The predicted octanol–water partition coefficient (Wildman–Crippen LogP) is 4.29. The molecule has 18 heavy (non-hydrogen) atoms. The maximum atomic E-state index is 14.0. The van der Waals surface area contributed by atoms with E-state index in [4.69, 9.17) is 0 Å². The summed E-state index contributed by atoms with van der Waals surface area (Å²) in [6.07, 6.45) is -0.941. The second kappa shape index (κ2) is 5.21. The van der Waals surface area contributed by atoms with Crippen LogP contribution in [-0.4, -0.2) is 5.11 Å².